The van der Waals surface area contributed by atoms with Crippen molar-refractivity contribution in [3.8, 4) is 5.75 Å². The number of benzene rings is 2. The zero-order valence-electron chi connectivity index (χ0n) is 25.1. The molecule has 0 spiro atoms. The minimum Gasteiger partial charge on any atom is -0.483 e. The summed E-state index contributed by atoms with van der Waals surface area (Å²) in [5.41, 5.74) is 0.133. The number of ether oxygens (including phenoxy) is 1. The Morgan fingerprint density at radius 1 is 1.05 bits per heavy atom. The summed E-state index contributed by atoms with van der Waals surface area (Å²) in [7, 11) is 0. The van der Waals surface area contributed by atoms with Crippen LogP contribution in [-0.4, -0.2) is 51.5 Å². The van der Waals surface area contributed by atoms with Gasteiger partial charge in [-0.2, -0.15) is 0 Å². The Bertz CT molecular complexity index is 1610. The van der Waals surface area contributed by atoms with E-state index in [0.717, 1.165) is 56.5 Å². The first-order valence-electron chi connectivity index (χ1n) is 15.4. The van der Waals surface area contributed by atoms with Crippen LogP contribution in [0.25, 0.3) is 0 Å². The van der Waals surface area contributed by atoms with Crippen molar-refractivity contribution in [2.24, 2.45) is 11.8 Å². The van der Waals surface area contributed by atoms with Gasteiger partial charge >= 0.3 is 0 Å². The molecular weight excluding hydrogens is 566 g/mol. The van der Waals surface area contributed by atoms with E-state index < -0.39 is 23.0 Å². The van der Waals surface area contributed by atoms with Gasteiger partial charge in [-0.05, 0) is 36.3 Å². The van der Waals surface area contributed by atoms with E-state index in [1.54, 1.807) is 4.57 Å². The highest BCUT2D eigenvalue weighted by atomic mass is 19.1. The van der Waals surface area contributed by atoms with Crippen LogP contribution in [0, 0.1) is 23.5 Å². The number of halogens is 2. The molecule has 2 aliphatic heterocycles. The molecule has 1 saturated heterocycles. The highest BCUT2D eigenvalue weighted by molar-refractivity contribution is 5.99. The molecule has 8 nitrogen and oxygen atoms in total. The maximum atomic E-state index is 14.5. The molecule has 3 aliphatic rings. The van der Waals surface area contributed by atoms with E-state index >= 15 is 0 Å². The van der Waals surface area contributed by atoms with Gasteiger partial charge in [0.15, 0.2) is 11.4 Å². The molecule has 3 aromatic rings. The molecule has 3 atom stereocenters. The monoisotopic (exact) mass is 604 g/mol. The summed E-state index contributed by atoms with van der Waals surface area (Å²) in [5, 5.41) is 2.59. The fourth-order valence-corrected chi connectivity index (χ4v) is 7.00. The second-order valence-corrected chi connectivity index (χ2v) is 12.5. The van der Waals surface area contributed by atoms with Gasteiger partial charge < -0.3 is 19.5 Å². The number of hydrogen-bond donors (Lipinski definition) is 1. The van der Waals surface area contributed by atoms with E-state index in [1.165, 1.54) is 12.3 Å². The second-order valence-electron chi connectivity index (χ2n) is 12.5. The highest BCUT2D eigenvalue weighted by Crippen LogP contribution is 2.39. The van der Waals surface area contributed by atoms with Crippen molar-refractivity contribution in [3.05, 3.63) is 99.0 Å². The standard InChI is InChI=1S/C34H38F2N4O4/c1-21(2)16-38-17-24-10-6-7-11-28(24)40-29(38)19-39-18-26(33(42)37-15-23-12-13-25(35)14-27(23)36)31(41)32(30(39)34(40)43)44-20-22-8-4-3-5-9-22/h3-5,8-9,12-14,18,21,24,28-29H,6-7,10-11,15-17,19-20H2,1-2H3,(H,37,42). The van der Waals surface area contributed by atoms with Crippen LogP contribution >= 0.6 is 0 Å². The van der Waals surface area contributed by atoms with Crippen molar-refractivity contribution in [1.29, 1.82) is 0 Å². The van der Waals surface area contributed by atoms with E-state index in [-0.39, 0.29) is 53.8 Å². The number of hydrogen-bond acceptors (Lipinski definition) is 5. The first-order valence-corrected chi connectivity index (χ1v) is 15.4. The fraction of sp³-hybridized carbons (Fsp3) is 0.441. The van der Waals surface area contributed by atoms with Gasteiger partial charge in [0, 0.05) is 43.5 Å². The predicted molar refractivity (Wildman–Crippen MR) is 161 cm³/mol. The lowest BCUT2D eigenvalue weighted by Crippen LogP contribution is -2.68. The molecule has 0 bridgehead atoms. The third-order valence-corrected chi connectivity index (χ3v) is 9.00. The van der Waals surface area contributed by atoms with Gasteiger partial charge in [0.05, 0.1) is 6.54 Å². The largest absolute Gasteiger partial charge is 0.483 e. The molecule has 2 fully saturated rings. The van der Waals surface area contributed by atoms with E-state index in [9.17, 15) is 23.2 Å². The lowest BCUT2D eigenvalue weighted by molar-refractivity contribution is -0.0772. The molecule has 6 rings (SSSR count). The Morgan fingerprint density at radius 3 is 2.57 bits per heavy atom. The number of amides is 2. The average Bonchev–Trinajstić information content (AvgIpc) is 3.00. The molecular formula is C34H38F2N4O4. The Labute approximate surface area is 255 Å². The van der Waals surface area contributed by atoms with Crippen LogP contribution in [0.1, 0.15) is 71.5 Å². The van der Waals surface area contributed by atoms with Crippen molar-refractivity contribution in [1.82, 2.24) is 19.7 Å². The third-order valence-electron chi connectivity index (χ3n) is 9.00. The van der Waals surface area contributed by atoms with Crippen LogP contribution in [0.15, 0.2) is 59.5 Å². The minimum atomic E-state index is -0.798. The number of pyridine rings is 1. The zero-order valence-corrected chi connectivity index (χ0v) is 25.1. The molecule has 10 heteroatoms. The predicted octanol–water partition coefficient (Wildman–Crippen LogP) is 4.95. The summed E-state index contributed by atoms with van der Waals surface area (Å²) in [6.45, 7) is 6.22. The van der Waals surface area contributed by atoms with Crippen LogP contribution in [0.5, 0.6) is 5.75 Å². The summed E-state index contributed by atoms with van der Waals surface area (Å²) >= 11 is 0. The number of fused-ring (bicyclic) bond motifs is 4. The molecule has 44 heavy (non-hydrogen) atoms. The Morgan fingerprint density at radius 2 is 1.82 bits per heavy atom. The van der Waals surface area contributed by atoms with Gasteiger partial charge in [0.2, 0.25) is 5.43 Å². The van der Waals surface area contributed by atoms with Gasteiger partial charge in [-0.1, -0.05) is 63.1 Å². The Balaban J connectivity index is 1.39. The molecule has 232 valence electrons. The maximum absolute atomic E-state index is 14.5. The Kier molecular flexibility index (Phi) is 8.53. The van der Waals surface area contributed by atoms with Gasteiger partial charge in [-0.15, -0.1) is 0 Å². The quantitative estimate of drug-likeness (QED) is 0.394. The van der Waals surface area contributed by atoms with Crippen molar-refractivity contribution >= 4 is 11.8 Å². The molecule has 1 aliphatic carbocycles. The molecule has 2 aromatic carbocycles. The molecule has 1 saturated carbocycles. The lowest BCUT2D eigenvalue weighted by Gasteiger charge is -2.56. The van der Waals surface area contributed by atoms with Crippen LogP contribution in [-0.2, 0) is 19.7 Å². The van der Waals surface area contributed by atoms with E-state index in [4.69, 9.17) is 4.74 Å². The first kappa shape index (κ1) is 30.0. The van der Waals surface area contributed by atoms with Gasteiger partial charge in [0.1, 0.15) is 30.0 Å². The van der Waals surface area contributed by atoms with Gasteiger partial charge in [-0.25, -0.2) is 8.78 Å². The van der Waals surface area contributed by atoms with Crippen molar-refractivity contribution in [3.63, 3.8) is 0 Å². The van der Waals surface area contributed by atoms with Gasteiger partial charge in [-0.3, -0.25) is 19.3 Å². The number of carbonyl (C=O) groups excluding carboxylic acids is 2. The molecule has 3 unspecified atom stereocenters. The SMILES string of the molecule is CC(C)CN1CC2CCCCC2N2C(=O)c3c(OCc4ccccc4)c(=O)c(C(=O)NCc4ccc(F)cc4F)cn3CC12. The van der Waals surface area contributed by atoms with Crippen LogP contribution in [0.2, 0.25) is 0 Å². The summed E-state index contributed by atoms with van der Waals surface area (Å²) in [4.78, 5) is 46.2. The van der Waals surface area contributed by atoms with Crippen LogP contribution in [0.3, 0.4) is 0 Å². The van der Waals surface area contributed by atoms with Crippen molar-refractivity contribution in [2.45, 2.75) is 71.4 Å². The summed E-state index contributed by atoms with van der Waals surface area (Å²) < 4.78 is 35.4. The molecule has 3 heterocycles. The second kappa shape index (κ2) is 12.5. The number of nitrogens with zero attached hydrogens (tertiary/aromatic N) is 3. The summed E-state index contributed by atoms with van der Waals surface area (Å²) in [5.74, 6) is -1.92. The molecule has 2 amide bonds. The lowest BCUT2D eigenvalue weighted by atomic mass is 9.80. The summed E-state index contributed by atoms with van der Waals surface area (Å²) in [6.07, 6.45) is 5.40. The smallest absolute Gasteiger partial charge is 0.276 e. The topological polar surface area (TPSA) is 83.9 Å². The van der Waals surface area contributed by atoms with E-state index in [2.05, 4.69) is 24.1 Å². The first-order chi connectivity index (χ1) is 21.2. The van der Waals surface area contributed by atoms with Crippen LogP contribution < -0.4 is 15.5 Å². The number of nitrogens with one attached hydrogen (secondary N) is 1. The van der Waals surface area contributed by atoms with Gasteiger partial charge in [0.25, 0.3) is 11.8 Å². The van der Waals surface area contributed by atoms with Crippen molar-refractivity contribution < 1.29 is 23.1 Å². The molecule has 1 N–H and O–H groups in total. The summed E-state index contributed by atoms with van der Waals surface area (Å²) in [6, 6.07) is 12.5. The highest BCUT2D eigenvalue weighted by Gasteiger charge is 2.49. The maximum Gasteiger partial charge on any atom is 0.276 e. The number of carbonyl (C=O) groups is 2. The van der Waals surface area contributed by atoms with Crippen LogP contribution in [0.4, 0.5) is 8.78 Å². The average molecular weight is 605 g/mol. The molecule has 0 radical (unpaired) electrons. The van der Waals surface area contributed by atoms with Crippen molar-refractivity contribution in [2.75, 3.05) is 13.1 Å². The number of rotatable bonds is 8. The number of aromatic nitrogens is 1. The van der Waals surface area contributed by atoms with E-state index in [1.807, 2.05) is 35.2 Å². The molecule has 1 aromatic heterocycles. The third kappa shape index (κ3) is 5.87. The normalized spacial score (nSPS) is 21.4. The fourth-order valence-electron chi connectivity index (χ4n) is 7.00. The minimum absolute atomic E-state index is 0.0389. The van der Waals surface area contributed by atoms with E-state index in [0.29, 0.717) is 18.4 Å². The Hall–Kier alpha value is -4.05. The zero-order chi connectivity index (χ0) is 31.0.